The molecule has 1 aliphatic heterocycles. The van der Waals surface area contributed by atoms with Crippen molar-refractivity contribution < 1.29 is 14.4 Å². The normalized spacial score (nSPS) is 14.9. The Morgan fingerprint density at radius 1 is 1.08 bits per heavy atom. The minimum absolute atomic E-state index is 0.0511. The van der Waals surface area contributed by atoms with Crippen LogP contribution in [0.2, 0.25) is 10.0 Å². The van der Waals surface area contributed by atoms with Crippen molar-refractivity contribution >= 4 is 52.0 Å². The second kappa shape index (κ2) is 6.66. The third-order valence-electron chi connectivity index (χ3n) is 3.60. The zero-order chi connectivity index (χ0) is 18.1. The topological polar surface area (TPSA) is 75.8 Å². The largest absolute Gasteiger partial charge is 0.594 e. The Balaban J connectivity index is 2.11. The van der Waals surface area contributed by atoms with Gasteiger partial charge in [-0.2, -0.15) is 0 Å². The number of amides is 2. The number of carbonyl (C=O) groups excluding carboxylic acids is 2. The summed E-state index contributed by atoms with van der Waals surface area (Å²) in [5.74, 6) is -0.949. The molecule has 0 radical (unpaired) electrons. The molecule has 0 fully saturated rings. The Morgan fingerprint density at radius 3 is 2.44 bits per heavy atom. The van der Waals surface area contributed by atoms with Gasteiger partial charge in [0.1, 0.15) is 5.69 Å². The van der Waals surface area contributed by atoms with Gasteiger partial charge in [-0.15, -0.1) is 0 Å². The molecule has 0 atom stereocenters. The van der Waals surface area contributed by atoms with Gasteiger partial charge in [0.2, 0.25) is 0 Å². The summed E-state index contributed by atoms with van der Waals surface area (Å²) >= 11 is 11.9. The lowest BCUT2D eigenvalue weighted by atomic mass is 10.0. The predicted molar refractivity (Wildman–Crippen MR) is 94.0 cm³/mol. The third kappa shape index (κ3) is 3.40. The molecule has 1 heterocycles. The molecule has 2 aromatic rings. The first-order chi connectivity index (χ1) is 11.9. The highest BCUT2D eigenvalue weighted by Crippen LogP contribution is 2.33. The number of azo groups is 1. The third-order valence-corrected chi connectivity index (χ3v) is 4.07. The van der Waals surface area contributed by atoms with Gasteiger partial charge in [0, 0.05) is 34.3 Å². The summed E-state index contributed by atoms with van der Waals surface area (Å²) in [5.41, 5.74) is 0.776. The van der Waals surface area contributed by atoms with Gasteiger partial charge >= 0.3 is 0 Å². The average Bonchev–Trinajstić information content (AvgIpc) is 2.82. The lowest BCUT2D eigenvalue weighted by Crippen LogP contribution is -2.25. The maximum absolute atomic E-state index is 12.5. The van der Waals surface area contributed by atoms with Crippen molar-refractivity contribution in [3.8, 4) is 0 Å². The van der Waals surface area contributed by atoms with Gasteiger partial charge in [0.15, 0.2) is 0 Å². The summed E-state index contributed by atoms with van der Waals surface area (Å²) < 4.78 is 0. The monoisotopic (exact) mass is 375 g/mol. The molecule has 0 saturated heterocycles. The minimum Gasteiger partial charge on any atom is -0.594 e. The fourth-order valence-electron chi connectivity index (χ4n) is 2.34. The fourth-order valence-corrected chi connectivity index (χ4v) is 2.69. The van der Waals surface area contributed by atoms with Gasteiger partial charge in [-0.25, -0.2) is 0 Å². The summed E-state index contributed by atoms with van der Waals surface area (Å²) in [5, 5.41) is 17.2. The minimum atomic E-state index is -0.496. The van der Waals surface area contributed by atoms with E-state index >= 15 is 0 Å². The molecular weight excluding hydrogens is 365 g/mol. The number of rotatable bonds is 3. The predicted octanol–water partition coefficient (Wildman–Crippen LogP) is 4.30. The molecule has 0 spiro atoms. The molecule has 8 heteroatoms. The molecule has 2 aromatic carbocycles. The smallest absolute Gasteiger partial charge is 0.261 e. The quantitative estimate of drug-likeness (QED) is 0.347. The molecule has 6 nitrogen and oxygen atoms in total. The molecule has 126 valence electrons. The second-order valence-corrected chi connectivity index (χ2v) is 6.15. The highest BCUT2D eigenvalue weighted by atomic mass is 35.5. The summed E-state index contributed by atoms with van der Waals surface area (Å²) in [6, 6.07) is 10.9. The van der Waals surface area contributed by atoms with Crippen LogP contribution in [0.5, 0.6) is 0 Å². The fraction of sp³-hybridized carbons (Fsp3) is 0.0588. The summed E-state index contributed by atoms with van der Waals surface area (Å²) in [6.45, 7) is 0. The summed E-state index contributed by atoms with van der Waals surface area (Å²) in [7, 11) is 1.37. The molecular formula is C17H11Cl2N3O3. The van der Waals surface area contributed by atoms with E-state index in [0.29, 0.717) is 20.6 Å². The van der Waals surface area contributed by atoms with Crippen molar-refractivity contribution in [2.45, 2.75) is 0 Å². The number of benzene rings is 2. The Bertz CT molecular complexity index is 954. The maximum atomic E-state index is 12.5. The lowest BCUT2D eigenvalue weighted by Gasteiger charge is -2.09. The van der Waals surface area contributed by atoms with E-state index in [1.807, 2.05) is 0 Å². The number of likely N-dealkylation sites (N-methyl/N-ethyl adjacent to an activating group) is 1. The molecule has 2 amide bonds. The number of hydrogen-bond acceptors (Lipinski definition) is 4. The van der Waals surface area contributed by atoms with E-state index in [1.165, 1.54) is 37.4 Å². The summed E-state index contributed by atoms with van der Waals surface area (Å²) in [6.07, 6.45) is 1.18. The molecule has 0 unspecified atom stereocenters. The van der Waals surface area contributed by atoms with Gasteiger partial charge in [-0.1, -0.05) is 29.3 Å². The van der Waals surface area contributed by atoms with Gasteiger partial charge < -0.3 is 5.21 Å². The summed E-state index contributed by atoms with van der Waals surface area (Å²) in [4.78, 5) is 25.3. The molecule has 0 N–H and O–H groups in total. The van der Waals surface area contributed by atoms with Crippen LogP contribution < -0.4 is 0 Å². The number of halogens is 2. The van der Waals surface area contributed by atoms with E-state index in [1.54, 1.807) is 18.2 Å². The van der Waals surface area contributed by atoms with Crippen molar-refractivity contribution in [1.82, 2.24) is 4.90 Å². The highest BCUT2D eigenvalue weighted by molar-refractivity contribution is 6.34. The van der Waals surface area contributed by atoms with Gasteiger partial charge in [-0.3, -0.25) is 14.5 Å². The van der Waals surface area contributed by atoms with E-state index in [9.17, 15) is 14.8 Å². The molecule has 0 bridgehead atoms. The van der Waals surface area contributed by atoms with Crippen LogP contribution in [0.15, 0.2) is 53.7 Å². The maximum Gasteiger partial charge on any atom is 0.261 e. The van der Waals surface area contributed by atoms with Crippen molar-refractivity contribution in [3.05, 3.63) is 69.4 Å². The van der Waals surface area contributed by atoms with Crippen LogP contribution in [0.4, 0.5) is 11.4 Å². The molecule has 0 aliphatic carbocycles. The molecule has 3 rings (SSSR count). The molecule has 1 aliphatic rings. The average molecular weight is 376 g/mol. The van der Waals surface area contributed by atoms with Crippen LogP contribution in [0, 0.1) is 5.21 Å². The lowest BCUT2D eigenvalue weighted by molar-refractivity contribution is -0.435. The number of hydrogen-bond donors (Lipinski definition) is 0. The van der Waals surface area contributed by atoms with Crippen molar-refractivity contribution in [2.24, 2.45) is 5.11 Å². The standard InChI is InChI=1S/C17H11Cl2N3O3/c1-21-16(23)9-14(17(21)24)13-6-5-11(19)8-15(13)22(25)20-12-4-2-3-10(18)7-12/h2-9H,1H3. The Hall–Kier alpha value is -2.70. The zero-order valence-corrected chi connectivity index (χ0v) is 14.5. The van der Waals surface area contributed by atoms with E-state index in [4.69, 9.17) is 23.2 Å². The van der Waals surface area contributed by atoms with Crippen LogP contribution in [0.25, 0.3) is 5.57 Å². The second-order valence-electron chi connectivity index (χ2n) is 5.27. The SMILES string of the molecule is CN1C(=O)C=C(c2ccc(Cl)cc2[N+]([O-])=Nc2cccc(Cl)c2)C1=O. The van der Waals surface area contributed by atoms with Crippen LogP contribution >= 0.6 is 23.2 Å². The first kappa shape index (κ1) is 17.1. The molecule has 0 aromatic heterocycles. The van der Waals surface area contributed by atoms with Crippen LogP contribution in [-0.2, 0) is 9.59 Å². The zero-order valence-electron chi connectivity index (χ0n) is 12.9. The van der Waals surface area contributed by atoms with Crippen molar-refractivity contribution in [3.63, 3.8) is 0 Å². The number of carbonyl (C=O) groups is 2. The van der Waals surface area contributed by atoms with Crippen LogP contribution in [0.3, 0.4) is 0 Å². The van der Waals surface area contributed by atoms with E-state index in [-0.39, 0.29) is 16.8 Å². The van der Waals surface area contributed by atoms with Crippen LogP contribution in [-0.4, -0.2) is 28.6 Å². The van der Waals surface area contributed by atoms with Gasteiger partial charge in [0.25, 0.3) is 17.5 Å². The van der Waals surface area contributed by atoms with Gasteiger partial charge in [0.05, 0.1) is 11.1 Å². The van der Waals surface area contributed by atoms with E-state index < -0.39 is 11.8 Å². The Morgan fingerprint density at radius 2 is 1.80 bits per heavy atom. The first-order valence-corrected chi connectivity index (χ1v) is 7.90. The van der Waals surface area contributed by atoms with E-state index in [2.05, 4.69) is 5.11 Å². The molecule has 0 saturated carbocycles. The Kier molecular flexibility index (Phi) is 4.57. The highest BCUT2D eigenvalue weighted by Gasteiger charge is 2.32. The van der Waals surface area contributed by atoms with Crippen molar-refractivity contribution in [2.75, 3.05) is 7.05 Å². The Labute approximate surface area is 153 Å². The van der Waals surface area contributed by atoms with E-state index in [0.717, 1.165) is 4.90 Å². The van der Waals surface area contributed by atoms with Gasteiger partial charge in [-0.05, 0) is 35.2 Å². The first-order valence-electron chi connectivity index (χ1n) is 7.15. The number of nitrogens with zero attached hydrogens (tertiary/aromatic N) is 3. The van der Waals surface area contributed by atoms with Crippen molar-refractivity contribution in [1.29, 1.82) is 0 Å². The molecule has 25 heavy (non-hydrogen) atoms. The number of imide groups is 1. The van der Waals surface area contributed by atoms with Crippen LogP contribution in [0.1, 0.15) is 5.56 Å².